The van der Waals surface area contributed by atoms with Crippen molar-refractivity contribution in [3.05, 3.63) is 22.6 Å². The number of isothiocyanates is 1. The Morgan fingerprint density at radius 1 is 1.39 bits per heavy atom. The monoisotopic (exact) mass is 389 g/mol. The van der Waals surface area contributed by atoms with Crippen LogP contribution in [-0.2, 0) is 4.74 Å². The van der Waals surface area contributed by atoms with E-state index in [-0.39, 0.29) is 23.7 Å². The molecule has 1 atom stereocenters. The number of unbranched alkanes of at least 4 members (excludes halogenated alkanes) is 2. The Bertz CT molecular complexity index is 501. The molecule has 0 spiro atoms. The van der Waals surface area contributed by atoms with Crippen LogP contribution in [0, 0.1) is 0 Å². The molecular formula is C14H16ClF4NOS2. The summed E-state index contributed by atoms with van der Waals surface area (Å²) in [4.78, 5) is 4.04. The second-order valence-corrected chi connectivity index (χ2v) is 6.53. The molecule has 1 aliphatic carbocycles. The lowest BCUT2D eigenvalue weighted by Crippen LogP contribution is -2.15. The molecule has 0 heterocycles. The highest BCUT2D eigenvalue weighted by Gasteiger charge is 2.31. The minimum absolute atomic E-state index is 0.0245. The van der Waals surface area contributed by atoms with Gasteiger partial charge in [0.25, 0.3) is 0 Å². The predicted octanol–water partition coefficient (Wildman–Crippen LogP) is 5.65. The number of hydrogen-bond acceptors (Lipinski definition) is 4. The Balaban J connectivity index is 2.44. The summed E-state index contributed by atoms with van der Waals surface area (Å²) in [7, 11) is 0. The second-order valence-electron chi connectivity index (χ2n) is 4.77. The van der Waals surface area contributed by atoms with Gasteiger partial charge in [-0.1, -0.05) is 0 Å². The quantitative estimate of drug-likeness (QED) is 0.167. The molecular weight excluding hydrogens is 374 g/mol. The van der Waals surface area contributed by atoms with Crippen LogP contribution in [0.25, 0.3) is 0 Å². The maximum absolute atomic E-state index is 13.8. The van der Waals surface area contributed by atoms with Crippen molar-refractivity contribution in [1.82, 2.24) is 0 Å². The summed E-state index contributed by atoms with van der Waals surface area (Å²) in [6.45, 7) is 0.872. The van der Waals surface area contributed by atoms with E-state index in [0.717, 1.165) is 12.8 Å². The highest BCUT2D eigenvalue weighted by molar-refractivity contribution is 8.03. The van der Waals surface area contributed by atoms with Crippen molar-refractivity contribution < 1.29 is 22.3 Å². The van der Waals surface area contributed by atoms with Gasteiger partial charge >= 0.3 is 6.18 Å². The Kier molecular flexibility index (Phi) is 9.20. The van der Waals surface area contributed by atoms with Crippen LogP contribution in [0.5, 0.6) is 0 Å². The van der Waals surface area contributed by atoms with E-state index in [9.17, 15) is 17.6 Å². The third-order valence-corrected chi connectivity index (χ3v) is 4.70. The van der Waals surface area contributed by atoms with E-state index >= 15 is 0 Å². The van der Waals surface area contributed by atoms with Crippen molar-refractivity contribution in [2.75, 3.05) is 18.9 Å². The molecule has 1 unspecified atom stereocenters. The molecule has 0 aromatic carbocycles. The highest BCUT2D eigenvalue weighted by Crippen LogP contribution is 2.38. The highest BCUT2D eigenvalue weighted by atomic mass is 35.5. The molecule has 0 aliphatic heterocycles. The van der Waals surface area contributed by atoms with E-state index in [1.165, 1.54) is 6.08 Å². The number of hydrogen-bond donors (Lipinski definition) is 0. The lowest BCUT2D eigenvalue weighted by molar-refractivity contribution is -0.105. The zero-order chi connectivity index (χ0) is 17.3. The van der Waals surface area contributed by atoms with E-state index in [2.05, 4.69) is 22.4 Å². The van der Waals surface area contributed by atoms with Gasteiger partial charge in [-0.25, -0.2) is 9.38 Å². The maximum atomic E-state index is 13.8. The number of nitrogens with zero attached hydrogens (tertiary/aromatic N) is 1. The van der Waals surface area contributed by atoms with Gasteiger partial charge in [0.15, 0.2) is 5.76 Å². The molecule has 9 heteroatoms. The summed E-state index contributed by atoms with van der Waals surface area (Å²) in [6, 6.07) is 0. The van der Waals surface area contributed by atoms with E-state index in [0.29, 0.717) is 24.7 Å². The van der Waals surface area contributed by atoms with Crippen molar-refractivity contribution in [3.8, 4) is 0 Å². The lowest BCUT2D eigenvalue weighted by Gasteiger charge is -2.20. The Morgan fingerprint density at radius 3 is 2.78 bits per heavy atom. The molecule has 0 radical (unpaired) electrons. The first-order valence-electron chi connectivity index (χ1n) is 6.94. The molecule has 0 bridgehead atoms. The molecule has 130 valence electrons. The molecule has 0 saturated carbocycles. The summed E-state index contributed by atoms with van der Waals surface area (Å²) >= 11 is 10.9. The van der Waals surface area contributed by atoms with Gasteiger partial charge in [-0.15, -0.1) is 23.4 Å². The largest absolute Gasteiger partial charge is 0.491 e. The second kappa shape index (κ2) is 10.3. The molecule has 0 amide bonds. The number of thioether (sulfide) groups is 1. The molecule has 23 heavy (non-hydrogen) atoms. The van der Waals surface area contributed by atoms with Gasteiger partial charge in [0, 0.05) is 17.9 Å². The van der Waals surface area contributed by atoms with Crippen LogP contribution in [-0.4, -0.2) is 35.6 Å². The standard InChI is InChI=1S/C14H16ClF4NOS2/c15-10-6-11(16)12(7-13(10)23-8-14(17,18)19)21-5-3-1-2-4-20-9-22/h7,10H,1-6,8H2. The fraction of sp³-hybridized carbons (Fsp3) is 0.643. The van der Waals surface area contributed by atoms with Crippen molar-refractivity contribution in [3.63, 3.8) is 0 Å². The van der Waals surface area contributed by atoms with E-state index in [1.807, 2.05) is 0 Å². The molecule has 1 aliphatic rings. The average molecular weight is 390 g/mol. The van der Waals surface area contributed by atoms with Gasteiger partial charge in [0.05, 0.1) is 22.9 Å². The summed E-state index contributed by atoms with van der Waals surface area (Å²) < 4.78 is 55.9. The van der Waals surface area contributed by atoms with Crippen LogP contribution in [0.4, 0.5) is 17.6 Å². The first-order valence-corrected chi connectivity index (χ1v) is 8.77. The lowest BCUT2D eigenvalue weighted by atomic mass is 10.1. The normalized spacial score (nSPS) is 18.5. The van der Waals surface area contributed by atoms with Crippen LogP contribution < -0.4 is 0 Å². The number of alkyl halides is 4. The summed E-state index contributed by atoms with van der Waals surface area (Å²) in [6.07, 6.45) is -0.852. The zero-order valence-corrected chi connectivity index (χ0v) is 14.6. The molecule has 0 fully saturated rings. The number of allylic oxidation sites excluding steroid dienone is 3. The molecule has 0 aromatic heterocycles. The van der Waals surface area contributed by atoms with Crippen molar-refractivity contribution in [1.29, 1.82) is 0 Å². The maximum Gasteiger partial charge on any atom is 0.398 e. The van der Waals surface area contributed by atoms with Crippen LogP contribution in [0.3, 0.4) is 0 Å². The van der Waals surface area contributed by atoms with Gasteiger partial charge in [0.2, 0.25) is 0 Å². The topological polar surface area (TPSA) is 21.6 Å². The summed E-state index contributed by atoms with van der Waals surface area (Å²) in [5, 5.41) is 1.48. The molecule has 2 nitrogen and oxygen atoms in total. The Labute approximate surface area is 147 Å². The first kappa shape index (κ1) is 20.5. The third-order valence-electron chi connectivity index (χ3n) is 2.85. The summed E-state index contributed by atoms with van der Waals surface area (Å²) in [5.41, 5.74) is 0. The zero-order valence-electron chi connectivity index (χ0n) is 12.2. The number of aliphatic imine (C=N–C) groups is 1. The van der Waals surface area contributed by atoms with Crippen LogP contribution in [0.2, 0.25) is 0 Å². The number of ether oxygens (including phenoxy) is 1. The smallest absolute Gasteiger partial charge is 0.398 e. The number of rotatable bonds is 9. The molecule has 1 rings (SSSR count). The molecule has 0 aromatic rings. The predicted molar refractivity (Wildman–Crippen MR) is 88.7 cm³/mol. The van der Waals surface area contributed by atoms with Gasteiger partial charge in [0.1, 0.15) is 5.83 Å². The molecule has 0 N–H and O–H groups in total. The van der Waals surface area contributed by atoms with Crippen molar-refractivity contribution in [2.24, 2.45) is 4.99 Å². The molecule has 0 saturated heterocycles. The first-order chi connectivity index (χ1) is 10.8. The fourth-order valence-electron chi connectivity index (χ4n) is 1.77. The number of halogens is 5. The van der Waals surface area contributed by atoms with E-state index in [1.54, 1.807) is 0 Å². The van der Waals surface area contributed by atoms with Gasteiger partial charge < -0.3 is 4.74 Å². The third kappa shape index (κ3) is 8.74. The van der Waals surface area contributed by atoms with Crippen LogP contribution >= 0.6 is 35.6 Å². The number of thiocarbonyl (C=S) groups is 1. The SMILES string of the molecule is FC1=C(OCCCCCN=C=S)C=C(SCC(F)(F)F)C(Cl)C1. The minimum Gasteiger partial charge on any atom is -0.491 e. The summed E-state index contributed by atoms with van der Waals surface area (Å²) in [5.74, 6) is -1.62. The minimum atomic E-state index is -4.30. The fourth-order valence-corrected chi connectivity index (χ4v) is 3.03. The van der Waals surface area contributed by atoms with Gasteiger partial charge in [-0.3, -0.25) is 0 Å². The van der Waals surface area contributed by atoms with Gasteiger partial charge in [-0.05, 0) is 37.6 Å². The van der Waals surface area contributed by atoms with Gasteiger partial charge in [-0.2, -0.15) is 13.2 Å². The van der Waals surface area contributed by atoms with Crippen LogP contribution in [0.15, 0.2) is 27.6 Å². The Morgan fingerprint density at radius 2 is 2.13 bits per heavy atom. The van der Waals surface area contributed by atoms with E-state index in [4.69, 9.17) is 16.3 Å². The Hall–Kier alpha value is -0.560. The van der Waals surface area contributed by atoms with E-state index < -0.39 is 23.1 Å². The van der Waals surface area contributed by atoms with Crippen molar-refractivity contribution >= 4 is 40.7 Å². The van der Waals surface area contributed by atoms with Crippen LogP contribution in [0.1, 0.15) is 25.7 Å². The van der Waals surface area contributed by atoms with Crippen molar-refractivity contribution in [2.45, 2.75) is 37.2 Å². The average Bonchev–Trinajstić information content (AvgIpc) is 2.46.